The van der Waals surface area contributed by atoms with Gasteiger partial charge in [0.25, 0.3) is 0 Å². The van der Waals surface area contributed by atoms with Crippen LogP contribution >= 0.6 is 0 Å². The lowest BCUT2D eigenvalue weighted by Gasteiger charge is -2.11. The Morgan fingerprint density at radius 2 is 0.594 bits per heavy atom. The number of rotatable bonds is 42. The van der Waals surface area contributed by atoms with Gasteiger partial charge in [-0.25, -0.2) is 0 Å². The van der Waals surface area contributed by atoms with Gasteiger partial charge in [0.2, 0.25) is 0 Å². The number of benzene rings is 3. The van der Waals surface area contributed by atoms with Crippen LogP contribution in [0.3, 0.4) is 0 Å². The molecule has 3 rings (SSSR count). The number of unbranched alkanes of at least 4 members (excludes halogenated alkanes) is 30. The van der Waals surface area contributed by atoms with Gasteiger partial charge < -0.3 is 18.9 Å². The lowest BCUT2D eigenvalue weighted by atomic mass is 10.0. The maximum Gasteiger partial charge on any atom is 0.161 e. The highest BCUT2D eigenvalue weighted by molar-refractivity contribution is 5.84. The third-order valence-electron chi connectivity index (χ3n) is 12.5. The first-order valence-corrected chi connectivity index (χ1v) is 26.5. The summed E-state index contributed by atoms with van der Waals surface area (Å²) in [6, 6.07) is 19.9. The Balaban J connectivity index is 1.25. The first-order valence-electron chi connectivity index (χ1n) is 26.5. The molecule has 0 bridgehead atoms. The van der Waals surface area contributed by atoms with Crippen molar-refractivity contribution in [1.29, 1.82) is 0 Å². The molecule has 0 radical (unpaired) electrons. The van der Waals surface area contributed by atoms with E-state index in [9.17, 15) is 0 Å². The Morgan fingerprint density at radius 1 is 0.328 bits per heavy atom. The predicted octanol–water partition coefficient (Wildman–Crippen LogP) is 18.5. The van der Waals surface area contributed by atoms with E-state index in [-0.39, 0.29) is 0 Å². The molecule has 0 atom stereocenters. The third-order valence-corrected chi connectivity index (χ3v) is 12.5. The zero-order chi connectivity index (χ0) is 45.4. The molecular weight excluding hydrogens is 789 g/mol. The van der Waals surface area contributed by atoms with E-state index in [4.69, 9.17) is 28.9 Å². The van der Waals surface area contributed by atoms with Gasteiger partial charge in [0.05, 0.1) is 38.8 Å². The Labute approximate surface area is 392 Å². The molecule has 64 heavy (non-hydrogen) atoms. The molecule has 0 amide bonds. The van der Waals surface area contributed by atoms with E-state index in [0.717, 1.165) is 58.3 Å². The molecule has 0 saturated heterocycles. The monoisotopic (exact) mass is 881 g/mol. The molecule has 0 aliphatic rings. The molecule has 0 unspecified atom stereocenters. The number of hydrogen-bond donors (Lipinski definition) is 0. The second-order valence-corrected chi connectivity index (χ2v) is 18.2. The Hall–Kier alpha value is -3.80. The second kappa shape index (κ2) is 38.5. The fourth-order valence-electron chi connectivity index (χ4n) is 8.35. The van der Waals surface area contributed by atoms with E-state index < -0.39 is 0 Å². The highest BCUT2D eigenvalue weighted by Crippen LogP contribution is 2.30. The number of nitrogens with zero attached hydrogens (tertiary/aromatic N) is 2. The summed E-state index contributed by atoms with van der Waals surface area (Å²) in [5.74, 6) is 3.04. The van der Waals surface area contributed by atoms with E-state index in [1.54, 1.807) is 14.2 Å². The van der Waals surface area contributed by atoms with Crippen LogP contribution in [-0.2, 0) is 0 Å². The van der Waals surface area contributed by atoms with Crippen molar-refractivity contribution in [2.24, 2.45) is 9.98 Å². The van der Waals surface area contributed by atoms with Gasteiger partial charge in [-0.3, -0.25) is 9.98 Å². The predicted molar refractivity (Wildman–Crippen MR) is 277 cm³/mol. The van der Waals surface area contributed by atoms with E-state index in [1.807, 2.05) is 73.1 Å². The summed E-state index contributed by atoms with van der Waals surface area (Å²) in [5.41, 5.74) is 3.63. The zero-order valence-electron chi connectivity index (χ0n) is 41.5. The smallest absolute Gasteiger partial charge is 0.161 e. The highest BCUT2D eigenvalue weighted by Gasteiger charge is 2.07. The maximum atomic E-state index is 6.11. The molecule has 0 saturated carbocycles. The van der Waals surface area contributed by atoms with Crippen molar-refractivity contribution in [2.75, 3.05) is 27.4 Å². The van der Waals surface area contributed by atoms with Gasteiger partial charge in [0.15, 0.2) is 23.0 Å². The van der Waals surface area contributed by atoms with Gasteiger partial charge >= 0.3 is 0 Å². The molecule has 0 heterocycles. The summed E-state index contributed by atoms with van der Waals surface area (Å²) < 4.78 is 23.5. The van der Waals surface area contributed by atoms with Gasteiger partial charge in [0, 0.05) is 12.4 Å². The topological polar surface area (TPSA) is 61.6 Å². The molecule has 0 spiro atoms. The lowest BCUT2D eigenvalue weighted by molar-refractivity contribution is 0.284. The molecule has 0 aliphatic carbocycles. The van der Waals surface area contributed by atoms with E-state index >= 15 is 0 Å². The quantitative estimate of drug-likeness (QED) is 0.0420. The molecule has 0 aliphatic heterocycles. The molecular formula is C58H92N2O4. The number of aliphatic imine (C=N–C) groups is 2. The minimum Gasteiger partial charge on any atom is -0.493 e. The normalized spacial score (nSPS) is 11.6. The molecule has 6 nitrogen and oxygen atoms in total. The molecule has 3 aromatic carbocycles. The Morgan fingerprint density at radius 3 is 0.859 bits per heavy atom. The van der Waals surface area contributed by atoms with Crippen LogP contribution in [0.4, 0.5) is 11.4 Å². The van der Waals surface area contributed by atoms with Crippen molar-refractivity contribution >= 4 is 23.8 Å². The van der Waals surface area contributed by atoms with Gasteiger partial charge in [-0.05, 0) is 84.6 Å². The van der Waals surface area contributed by atoms with Crippen molar-refractivity contribution in [3.63, 3.8) is 0 Å². The molecule has 358 valence electrons. The van der Waals surface area contributed by atoms with Crippen LogP contribution in [0.15, 0.2) is 70.6 Å². The van der Waals surface area contributed by atoms with Crippen molar-refractivity contribution < 1.29 is 18.9 Å². The van der Waals surface area contributed by atoms with Gasteiger partial charge in [-0.1, -0.05) is 206 Å². The van der Waals surface area contributed by atoms with E-state index in [0.29, 0.717) is 13.2 Å². The maximum absolute atomic E-state index is 6.11. The minimum atomic E-state index is 0.712. The van der Waals surface area contributed by atoms with Crippen molar-refractivity contribution in [2.45, 2.75) is 219 Å². The van der Waals surface area contributed by atoms with Crippen LogP contribution in [0, 0.1) is 0 Å². The standard InChI is InChI=1S/C58H92N2O4/c1-5-7-9-11-13-15-17-19-21-23-25-27-29-31-33-35-45-63-55-43-37-51(47-57(55)61-3)49-59-53-39-41-54(42-40-53)60-50-52-38-44-56(58(48-52)62-4)64-46-36-34-32-30-28-26-24-22-20-18-16-14-12-10-8-6-2/h37-44,47-50H,5-36,45-46H2,1-4H3. The average molecular weight is 881 g/mol. The van der Waals surface area contributed by atoms with Crippen molar-refractivity contribution in [1.82, 2.24) is 0 Å². The molecule has 0 N–H and O–H groups in total. The third kappa shape index (κ3) is 26.9. The Kier molecular flexibility index (Phi) is 32.8. The zero-order valence-corrected chi connectivity index (χ0v) is 41.5. The fourth-order valence-corrected chi connectivity index (χ4v) is 8.35. The molecule has 0 fully saturated rings. The summed E-state index contributed by atoms with van der Waals surface area (Å²) >= 11 is 0. The van der Waals surface area contributed by atoms with Crippen LogP contribution < -0.4 is 18.9 Å². The van der Waals surface area contributed by atoms with Gasteiger partial charge in [-0.15, -0.1) is 0 Å². The van der Waals surface area contributed by atoms with Gasteiger partial charge in [0.1, 0.15) is 0 Å². The number of methoxy groups -OCH3 is 2. The Bertz CT molecular complexity index is 1480. The number of ether oxygens (including phenoxy) is 4. The molecule has 6 heteroatoms. The van der Waals surface area contributed by atoms with Crippen LogP contribution in [0.2, 0.25) is 0 Å². The summed E-state index contributed by atoms with van der Waals surface area (Å²) in [4.78, 5) is 9.39. The number of hydrogen-bond acceptors (Lipinski definition) is 6. The van der Waals surface area contributed by atoms with Crippen LogP contribution in [0.25, 0.3) is 0 Å². The molecule has 3 aromatic rings. The largest absolute Gasteiger partial charge is 0.493 e. The average Bonchev–Trinajstić information content (AvgIpc) is 3.32. The lowest BCUT2D eigenvalue weighted by Crippen LogP contribution is -2.00. The summed E-state index contributed by atoms with van der Waals surface area (Å²) in [7, 11) is 3.39. The van der Waals surface area contributed by atoms with Crippen LogP contribution in [0.5, 0.6) is 23.0 Å². The first-order chi connectivity index (χ1) is 31.7. The first kappa shape index (κ1) is 54.5. The fraction of sp³-hybridized carbons (Fsp3) is 0.655. The summed E-state index contributed by atoms with van der Waals surface area (Å²) in [6.45, 7) is 6.01. The van der Waals surface area contributed by atoms with Crippen molar-refractivity contribution in [3.8, 4) is 23.0 Å². The van der Waals surface area contributed by atoms with Crippen molar-refractivity contribution in [3.05, 3.63) is 71.8 Å². The SMILES string of the molecule is CCCCCCCCCCCCCCCCCCOc1ccc(C=Nc2ccc(N=Cc3ccc(OCCCCCCCCCCCCCCCCCC)c(OC)c3)cc2)cc1OC. The van der Waals surface area contributed by atoms with Crippen LogP contribution in [0.1, 0.15) is 230 Å². The molecule has 0 aromatic heterocycles. The minimum absolute atomic E-state index is 0.712. The van der Waals surface area contributed by atoms with E-state index in [1.165, 1.54) is 193 Å². The van der Waals surface area contributed by atoms with E-state index in [2.05, 4.69) is 13.8 Å². The van der Waals surface area contributed by atoms with Gasteiger partial charge in [-0.2, -0.15) is 0 Å². The van der Waals surface area contributed by atoms with Crippen LogP contribution in [-0.4, -0.2) is 39.9 Å². The highest BCUT2D eigenvalue weighted by atomic mass is 16.5. The second-order valence-electron chi connectivity index (χ2n) is 18.2. The summed E-state index contributed by atoms with van der Waals surface area (Å²) in [5, 5.41) is 0. The summed E-state index contributed by atoms with van der Waals surface area (Å²) in [6.07, 6.45) is 47.4.